The average Bonchev–Trinajstić information content (AvgIpc) is 2.70. The van der Waals surface area contributed by atoms with Gasteiger partial charge in [0.2, 0.25) is 0 Å². The van der Waals surface area contributed by atoms with Crippen molar-refractivity contribution in [3.05, 3.63) is 0 Å². The Morgan fingerprint density at radius 2 is 1.29 bits per heavy atom. The van der Waals surface area contributed by atoms with Crippen molar-refractivity contribution < 1.29 is 23.7 Å². The molecule has 2 saturated heterocycles. The molecule has 2 aliphatic heterocycles. The molecule has 2 aliphatic rings. The molecule has 0 aliphatic carbocycles. The maximum atomic E-state index is 5.64. The minimum absolute atomic E-state index is 0.0142. The van der Waals surface area contributed by atoms with Gasteiger partial charge in [-0.05, 0) is 27.7 Å². The molecule has 2 fully saturated rings. The first-order valence-corrected chi connectivity index (χ1v) is 6.08. The molecule has 2 heterocycles. The van der Waals surface area contributed by atoms with E-state index in [2.05, 4.69) is 0 Å². The van der Waals surface area contributed by atoms with Crippen molar-refractivity contribution in [3.63, 3.8) is 0 Å². The van der Waals surface area contributed by atoms with Crippen LogP contribution in [0.5, 0.6) is 0 Å². The molecular weight excluding hydrogens is 224 g/mol. The predicted octanol–water partition coefficient (Wildman–Crippen LogP) is 1.31. The smallest absolute Gasteiger partial charge is 0.163 e. The summed E-state index contributed by atoms with van der Waals surface area (Å²) in [5, 5.41) is 0. The molecule has 0 aromatic carbocycles. The van der Waals surface area contributed by atoms with Crippen molar-refractivity contribution in [2.24, 2.45) is 0 Å². The Labute approximate surface area is 102 Å². The number of hydrogen-bond acceptors (Lipinski definition) is 5. The van der Waals surface area contributed by atoms with Crippen molar-refractivity contribution in [2.45, 2.75) is 51.5 Å². The Balaban J connectivity index is 1.61. The summed E-state index contributed by atoms with van der Waals surface area (Å²) < 4.78 is 27.7. The molecule has 2 unspecified atom stereocenters. The Morgan fingerprint density at radius 3 is 1.59 bits per heavy atom. The Kier molecular flexibility index (Phi) is 3.75. The van der Waals surface area contributed by atoms with E-state index in [1.165, 1.54) is 0 Å². The highest BCUT2D eigenvalue weighted by Gasteiger charge is 2.34. The quantitative estimate of drug-likeness (QED) is 0.748. The van der Waals surface area contributed by atoms with E-state index in [0.29, 0.717) is 26.4 Å². The first-order chi connectivity index (χ1) is 7.86. The van der Waals surface area contributed by atoms with E-state index in [-0.39, 0.29) is 12.2 Å². The summed E-state index contributed by atoms with van der Waals surface area (Å²) in [5.41, 5.74) is 0. The Morgan fingerprint density at radius 1 is 0.882 bits per heavy atom. The van der Waals surface area contributed by atoms with Gasteiger partial charge >= 0.3 is 0 Å². The van der Waals surface area contributed by atoms with E-state index in [1.807, 2.05) is 27.7 Å². The lowest BCUT2D eigenvalue weighted by Gasteiger charge is -2.18. The maximum absolute atomic E-state index is 5.64. The molecule has 0 saturated carbocycles. The molecule has 100 valence electrons. The van der Waals surface area contributed by atoms with Crippen molar-refractivity contribution >= 4 is 0 Å². The van der Waals surface area contributed by atoms with Gasteiger partial charge in [-0.1, -0.05) is 0 Å². The standard InChI is InChI=1S/C12H22O5/c1-11(2)14-7-9(16-11)5-13-6-10-8-15-12(3,4)17-10/h9-10H,5-8H2,1-4H3. The van der Waals surface area contributed by atoms with Crippen LogP contribution >= 0.6 is 0 Å². The molecule has 0 N–H and O–H groups in total. The van der Waals surface area contributed by atoms with Crippen molar-refractivity contribution in [1.29, 1.82) is 0 Å². The molecule has 17 heavy (non-hydrogen) atoms. The van der Waals surface area contributed by atoms with Crippen molar-refractivity contribution in [2.75, 3.05) is 26.4 Å². The van der Waals surface area contributed by atoms with Gasteiger partial charge in [-0.2, -0.15) is 0 Å². The van der Waals surface area contributed by atoms with Gasteiger partial charge in [0.25, 0.3) is 0 Å². The zero-order valence-electron chi connectivity index (χ0n) is 11.0. The van der Waals surface area contributed by atoms with E-state index in [1.54, 1.807) is 0 Å². The summed E-state index contributed by atoms with van der Waals surface area (Å²) >= 11 is 0. The molecule has 5 nitrogen and oxygen atoms in total. The van der Waals surface area contributed by atoms with Gasteiger partial charge in [0.15, 0.2) is 11.6 Å². The highest BCUT2D eigenvalue weighted by molar-refractivity contribution is 4.72. The molecule has 2 rings (SSSR count). The number of ether oxygens (including phenoxy) is 5. The lowest BCUT2D eigenvalue weighted by Crippen LogP contribution is -2.27. The van der Waals surface area contributed by atoms with E-state index in [4.69, 9.17) is 23.7 Å². The third kappa shape index (κ3) is 3.89. The van der Waals surface area contributed by atoms with Gasteiger partial charge in [-0.15, -0.1) is 0 Å². The lowest BCUT2D eigenvalue weighted by atomic mass is 10.4. The monoisotopic (exact) mass is 246 g/mol. The molecule has 0 bridgehead atoms. The zero-order valence-corrected chi connectivity index (χ0v) is 11.0. The predicted molar refractivity (Wildman–Crippen MR) is 60.6 cm³/mol. The Hall–Kier alpha value is -0.200. The summed E-state index contributed by atoms with van der Waals surface area (Å²) in [4.78, 5) is 0. The van der Waals surface area contributed by atoms with E-state index in [0.717, 1.165) is 0 Å². The van der Waals surface area contributed by atoms with E-state index >= 15 is 0 Å². The lowest BCUT2D eigenvalue weighted by molar-refractivity contribution is -0.154. The first-order valence-electron chi connectivity index (χ1n) is 6.08. The molecule has 0 radical (unpaired) electrons. The number of hydrogen-bond donors (Lipinski definition) is 0. The van der Waals surface area contributed by atoms with Gasteiger partial charge in [0.05, 0.1) is 26.4 Å². The SMILES string of the molecule is CC1(C)OCC(COCC2COC(C)(C)O2)O1. The van der Waals surface area contributed by atoms with Gasteiger partial charge in [-0.3, -0.25) is 0 Å². The minimum atomic E-state index is -0.483. The van der Waals surface area contributed by atoms with Crippen LogP contribution in [0.25, 0.3) is 0 Å². The fraction of sp³-hybridized carbons (Fsp3) is 1.00. The van der Waals surface area contributed by atoms with Crippen LogP contribution in [-0.4, -0.2) is 50.2 Å². The fourth-order valence-corrected chi connectivity index (χ4v) is 2.02. The third-order valence-electron chi connectivity index (χ3n) is 2.74. The topological polar surface area (TPSA) is 46.2 Å². The fourth-order valence-electron chi connectivity index (χ4n) is 2.02. The van der Waals surface area contributed by atoms with Crippen LogP contribution in [0.3, 0.4) is 0 Å². The van der Waals surface area contributed by atoms with Crippen LogP contribution in [0.2, 0.25) is 0 Å². The summed E-state index contributed by atoms with van der Waals surface area (Å²) in [6, 6.07) is 0. The molecular formula is C12H22O5. The minimum Gasteiger partial charge on any atom is -0.376 e. The molecule has 0 aromatic heterocycles. The summed E-state index contributed by atoms with van der Waals surface area (Å²) in [6.07, 6.45) is 0.0284. The zero-order chi connectivity index (χ0) is 12.5. The normalized spacial score (nSPS) is 35.3. The summed E-state index contributed by atoms with van der Waals surface area (Å²) in [5.74, 6) is -0.966. The molecule has 5 heteroatoms. The van der Waals surface area contributed by atoms with Crippen LogP contribution < -0.4 is 0 Å². The molecule has 0 spiro atoms. The Bertz CT molecular complexity index is 238. The van der Waals surface area contributed by atoms with E-state index < -0.39 is 11.6 Å². The van der Waals surface area contributed by atoms with Crippen LogP contribution in [0, 0.1) is 0 Å². The third-order valence-corrected chi connectivity index (χ3v) is 2.74. The van der Waals surface area contributed by atoms with Gasteiger partial charge in [0, 0.05) is 0 Å². The second kappa shape index (κ2) is 4.82. The second-order valence-corrected chi connectivity index (χ2v) is 5.44. The molecule has 0 aromatic rings. The van der Waals surface area contributed by atoms with Crippen LogP contribution in [0.4, 0.5) is 0 Å². The highest BCUT2D eigenvalue weighted by atomic mass is 16.8. The van der Waals surface area contributed by atoms with Crippen LogP contribution in [-0.2, 0) is 23.7 Å². The largest absolute Gasteiger partial charge is 0.376 e. The van der Waals surface area contributed by atoms with Crippen molar-refractivity contribution in [1.82, 2.24) is 0 Å². The highest BCUT2D eigenvalue weighted by Crippen LogP contribution is 2.24. The summed E-state index contributed by atoms with van der Waals surface area (Å²) in [6.45, 7) is 9.86. The number of rotatable bonds is 4. The molecule has 2 atom stereocenters. The average molecular weight is 246 g/mol. The van der Waals surface area contributed by atoms with Crippen LogP contribution in [0.15, 0.2) is 0 Å². The van der Waals surface area contributed by atoms with Gasteiger partial charge in [0.1, 0.15) is 12.2 Å². The van der Waals surface area contributed by atoms with Gasteiger partial charge < -0.3 is 23.7 Å². The summed E-state index contributed by atoms with van der Waals surface area (Å²) in [7, 11) is 0. The van der Waals surface area contributed by atoms with Crippen LogP contribution in [0.1, 0.15) is 27.7 Å². The van der Waals surface area contributed by atoms with E-state index in [9.17, 15) is 0 Å². The van der Waals surface area contributed by atoms with Gasteiger partial charge in [-0.25, -0.2) is 0 Å². The van der Waals surface area contributed by atoms with Crippen molar-refractivity contribution in [3.8, 4) is 0 Å². The first kappa shape index (κ1) is 13.2. The molecule has 0 amide bonds. The maximum Gasteiger partial charge on any atom is 0.163 e. The second-order valence-electron chi connectivity index (χ2n) is 5.44.